The summed E-state index contributed by atoms with van der Waals surface area (Å²) in [6, 6.07) is 10.8. The van der Waals surface area contributed by atoms with Gasteiger partial charge in [-0.25, -0.2) is 14.4 Å². The monoisotopic (exact) mass is 577 g/mol. The minimum absolute atomic E-state index is 0.390. The van der Waals surface area contributed by atoms with Gasteiger partial charge in [-0.05, 0) is 81.5 Å². The summed E-state index contributed by atoms with van der Waals surface area (Å²) in [5, 5.41) is 7.63. The number of hydrogen-bond acceptors (Lipinski definition) is 8. The molecule has 0 bridgehead atoms. The van der Waals surface area contributed by atoms with Gasteiger partial charge in [0, 0.05) is 48.9 Å². The highest BCUT2D eigenvalue weighted by atomic mass is 19.1. The molecule has 0 atom stereocenters. The van der Waals surface area contributed by atoms with E-state index in [9.17, 15) is 4.39 Å². The molecule has 0 aliphatic carbocycles. The number of aromatic amines is 2. The zero-order valence-corrected chi connectivity index (χ0v) is 24.1. The average molecular weight is 578 g/mol. The molecule has 0 spiro atoms. The van der Waals surface area contributed by atoms with Crippen molar-refractivity contribution in [3.63, 3.8) is 0 Å². The summed E-state index contributed by atoms with van der Waals surface area (Å²) >= 11 is 0. The Morgan fingerprint density at radius 1 is 0.907 bits per heavy atom. The standard InChI is InChI=1S/C32H32FN9O/c1-41(2)9-10-43-24-13-21(12-23(33)14-24)25-17-35-18-28-29(25)38-32(37-28)31-30-27(39-40-31)6-5-26(36-30)22-11-20(15-34-16-22)19-42-7-3-4-8-42/h5-6,11-18H,3-4,7-10,19H2,1-2H3,(H,37,38)(H,39,40). The Morgan fingerprint density at radius 3 is 2.63 bits per heavy atom. The topological polar surface area (TPSA) is 112 Å². The Balaban J connectivity index is 1.22. The molecule has 0 radical (unpaired) electrons. The number of halogens is 1. The molecule has 1 aliphatic rings. The fourth-order valence-electron chi connectivity index (χ4n) is 5.54. The second-order valence-corrected chi connectivity index (χ2v) is 11.2. The van der Waals surface area contributed by atoms with Crippen molar-refractivity contribution in [3.05, 3.63) is 72.6 Å². The minimum Gasteiger partial charge on any atom is -0.492 e. The van der Waals surface area contributed by atoms with Crippen molar-refractivity contribution in [3.8, 4) is 39.7 Å². The first-order chi connectivity index (χ1) is 21.0. The third kappa shape index (κ3) is 5.69. The van der Waals surface area contributed by atoms with E-state index in [4.69, 9.17) is 14.7 Å². The van der Waals surface area contributed by atoms with Crippen LogP contribution in [0.3, 0.4) is 0 Å². The van der Waals surface area contributed by atoms with Crippen LogP contribution in [-0.2, 0) is 6.54 Å². The summed E-state index contributed by atoms with van der Waals surface area (Å²) in [4.78, 5) is 26.6. The van der Waals surface area contributed by atoms with Gasteiger partial charge in [0.2, 0.25) is 0 Å². The maximum Gasteiger partial charge on any atom is 0.161 e. The second kappa shape index (κ2) is 11.5. The summed E-state index contributed by atoms with van der Waals surface area (Å²) in [6.45, 7) is 4.33. The number of imidazole rings is 1. The van der Waals surface area contributed by atoms with Crippen LogP contribution in [0.5, 0.6) is 5.75 Å². The lowest BCUT2D eigenvalue weighted by Crippen LogP contribution is -2.19. The van der Waals surface area contributed by atoms with Gasteiger partial charge in [-0.1, -0.05) is 0 Å². The number of H-pyrrole nitrogens is 2. The van der Waals surface area contributed by atoms with Gasteiger partial charge in [-0.3, -0.25) is 20.0 Å². The van der Waals surface area contributed by atoms with E-state index in [1.165, 1.54) is 30.5 Å². The lowest BCUT2D eigenvalue weighted by Gasteiger charge is -2.14. The molecule has 1 saturated heterocycles. The molecule has 43 heavy (non-hydrogen) atoms. The van der Waals surface area contributed by atoms with Gasteiger partial charge in [0.1, 0.15) is 23.7 Å². The van der Waals surface area contributed by atoms with E-state index < -0.39 is 0 Å². The van der Waals surface area contributed by atoms with Gasteiger partial charge in [0.05, 0.1) is 28.4 Å². The number of rotatable bonds is 9. The SMILES string of the molecule is CN(C)CCOc1cc(F)cc(-c2cncc3[nH]c(-c4n[nH]c5ccc(-c6cncc(CN7CCCC7)c6)nc45)nc23)c1. The first-order valence-electron chi connectivity index (χ1n) is 14.4. The second-order valence-electron chi connectivity index (χ2n) is 11.2. The van der Waals surface area contributed by atoms with Gasteiger partial charge in [0.25, 0.3) is 0 Å². The number of likely N-dealkylation sites (tertiary alicyclic amines) is 1. The number of nitrogens with one attached hydrogen (secondary N) is 2. The van der Waals surface area contributed by atoms with Gasteiger partial charge in [-0.15, -0.1) is 0 Å². The average Bonchev–Trinajstić information content (AvgIpc) is 3.76. The Kier molecular flexibility index (Phi) is 7.25. The van der Waals surface area contributed by atoms with Crippen LogP contribution in [0, 0.1) is 5.82 Å². The molecule has 11 heteroatoms. The number of hydrogen-bond donors (Lipinski definition) is 2. The van der Waals surface area contributed by atoms with Crippen molar-refractivity contribution in [1.29, 1.82) is 0 Å². The van der Waals surface area contributed by atoms with Gasteiger partial charge >= 0.3 is 0 Å². The van der Waals surface area contributed by atoms with Crippen molar-refractivity contribution in [2.75, 3.05) is 40.3 Å². The van der Waals surface area contributed by atoms with E-state index in [2.05, 4.69) is 36.1 Å². The van der Waals surface area contributed by atoms with Crippen LogP contribution in [0.2, 0.25) is 0 Å². The lowest BCUT2D eigenvalue weighted by atomic mass is 10.1. The highest BCUT2D eigenvalue weighted by Crippen LogP contribution is 2.33. The summed E-state index contributed by atoms with van der Waals surface area (Å²) < 4.78 is 20.5. The normalized spacial score (nSPS) is 14.0. The van der Waals surface area contributed by atoms with Crippen LogP contribution in [0.4, 0.5) is 4.39 Å². The van der Waals surface area contributed by atoms with Crippen LogP contribution in [0.15, 0.2) is 61.2 Å². The van der Waals surface area contributed by atoms with Gasteiger partial charge in [0.15, 0.2) is 11.5 Å². The molecule has 6 aromatic rings. The fraction of sp³-hybridized carbons (Fsp3) is 0.281. The molecule has 7 rings (SSSR count). The maximum absolute atomic E-state index is 14.6. The third-order valence-electron chi connectivity index (χ3n) is 7.71. The zero-order valence-electron chi connectivity index (χ0n) is 24.1. The number of ether oxygens (including phenoxy) is 1. The molecule has 0 unspecified atom stereocenters. The largest absolute Gasteiger partial charge is 0.492 e. The molecule has 1 fully saturated rings. The minimum atomic E-state index is -0.390. The summed E-state index contributed by atoms with van der Waals surface area (Å²) in [7, 11) is 3.93. The Hall–Kier alpha value is -4.74. The molecular weight excluding hydrogens is 545 g/mol. The summed E-state index contributed by atoms with van der Waals surface area (Å²) in [6.07, 6.45) is 9.67. The predicted octanol–water partition coefficient (Wildman–Crippen LogP) is 5.30. The molecule has 6 heterocycles. The van der Waals surface area contributed by atoms with Crippen molar-refractivity contribution in [2.24, 2.45) is 0 Å². The molecule has 1 aromatic carbocycles. The highest BCUT2D eigenvalue weighted by molar-refractivity contribution is 5.96. The number of benzene rings is 1. The van der Waals surface area contributed by atoms with Crippen molar-refractivity contribution in [1.82, 2.24) is 44.9 Å². The molecule has 2 N–H and O–H groups in total. The van der Waals surface area contributed by atoms with Crippen LogP contribution < -0.4 is 4.74 Å². The molecule has 5 aromatic heterocycles. The molecular formula is C32H32FN9O. The fourth-order valence-corrected chi connectivity index (χ4v) is 5.54. The quantitative estimate of drug-likeness (QED) is 0.238. The van der Waals surface area contributed by atoms with Crippen LogP contribution in [0.25, 0.3) is 56.0 Å². The van der Waals surface area contributed by atoms with Crippen molar-refractivity contribution < 1.29 is 9.13 Å². The lowest BCUT2D eigenvalue weighted by molar-refractivity contribution is 0.260. The molecule has 0 saturated carbocycles. The smallest absolute Gasteiger partial charge is 0.161 e. The van der Waals surface area contributed by atoms with Crippen molar-refractivity contribution >= 4 is 22.1 Å². The Bertz CT molecular complexity index is 1910. The van der Waals surface area contributed by atoms with E-state index in [1.807, 2.05) is 49.6 Å². The number of nitrogens with zero attached hydrogens (tertiary/aromatic N) is 7. The van der Waals surface area contributed by atoms with E-state index in [0.29, 0.717) is 51.6 Å². The van der Waals surface area contributed by atoms with E-state index in [0.717, 1.165) is 43.0 Å². The Labute approximate surface area is 248 Å². The van der Waals surface area contributed by atoms with Crippen LogP contribution in [-0.4, -0.2) is 85.3 Å². The van der Waals surface area contributed by atoms with Crippen molar-refractivity contribution in [2.45, 2.75) is 19.4 Å². The summed E-state index contributed by atoms with van der Waals surface area (Å²) in [5.41, 5.74) is 7.70. The number of pyridine rings is 3. The molecule has 0 amide bonds. The first-order valence-corrected chi connectivity index (χ1v) is 14.4. The number of aromatic nitrogens is 7. The Morgan fingerprint density at radius 2 is 1.77 bits per heavy atom. The molecule has 1 aliphatic heterocycles. The maximum atomic E-state index is 14.6. The van der Waals surface area contributed by atoms with E-state index in [1.54, 1.807) is 12.4 Å². The van der Waals surface area contributed by atoms with E-state index in [-0.39, 0.29) is 5.82 Å². The van der Waals surface area contributed by atoms with Gasteiger partial charge < -0.3 is 14.6 Å². The highest BCUT2D eigenvalue weighted by Gasteiger charge is 2.18. The van der Waals surface area contributed by atoms with E-state index >= 15 is 0 Å². The van der Waals surface area contributed by atoms with Gasteiger partial charge in [-0.2, -0.15) is 5.10 Å². The molecule has 10 nitrogen and oxygen atoms in total. The zero-order chi connectivity index (χ0) is 29.3. The molecule has 218 valence electrons. The van der Waals surface area contributed by atoms with Crippen LogP contribution in [0.1, 0.15) is 18.4 Å². The number of likely N-dealkylation sites (N-methyl/N-ethyl adjacent to an activating group) is 1. The van der Waals surface area contributed by atoms with Crippen LogP contribution >= 0.6 is 0 Å². The first kappa shape index (κ1) is 27.1. The predicted molar refractivity (Wildman–Crippen MR) is 164 cm³/mol. The number of fused-ring (bicyclic) bond motifs is 2. The third-order valence-corrected chi connectivity index (χ3v) is 7.71. The summed E-state index contributed by atoms with van der Waals surface area (Å²) in [5.74, 6) is 0.609.